The van der Waals surface area contributed by atoms with Crippen molar-refractivity contribution in [3.8, 4) is 5.75 Å². The molecule has 2 heterocycles. The van der Waals surface area contributed by atoms with E-state index in [4.69, 9.17) is 16.3 Å². The fourth-order valence-corrected chi connectivity index (χ4v) is 4.48. The number of ether oxygens (including phenoxy) is 1. The SMILES string of the molecule is COc1ccc(NC(=O)c2nc3c(s2)CN(C)CC3)c(C(=O)Nc2ccc(Cl)cc2)c1. The number of carbonyl (C=O) groups excluding carboxylic acids is 2. The zero-order valence-corrected chi connectivity index (χ0v) is 18.6. The molecule has 0 saturated heterocycles. The Balaban J connectivity index is 1.57. The maximum Gasteiger partial charge on any atom is 0.284 e. The maximum absolute atomic E-state index is 12.9. The molecule has 0 aliphatic carbocycles. The summed E-state index contributed by atoms with van der Waals surface area (Å²) < 4.78 is 5.26. The molecule has 160 valence electrons. The number of fused-ring (bicyclic) bond motifs is 1. The average molecular weight is 457 g/mol. The monoisotopic (exact) mass is 456 g/mol. The average Bonchev–Trinajstić information content (AvgIpc) is 3.19. The molecule has 2 amide bonds. The molecule has 0 spiro atoms. The number of hydrogen-bond donors (Lipinski definition) is 2. The van der Waals surface area contributed by atoms with Crippen LogP contribution < -0.4 is 15.4 Å². The summed E-state index contributed by atoms with van der Waals surface area (Å²) in [6.45, 7) is 1.71. The molecule has 2 N–H and O–H groups in total. The molecule has 2 aromatic carbocycles. The Morgan fingerprint density at radius 1 is 1.13 bits per heavy atom. The van der Waals surface area contributed by atoms with Crippen molar-refractivity contribution in [1.82, 2.24) is 9.88 Å². The molecule has 3 aromatic rings. The number of hydrogen-bond acceptors (Lipinski definition) is 6. The van der Waals surface area contributed by atoms with Crippen molar-refractivity contribution in [2.45, 2.75) is 13.0 Å². The normalized spacial score (nSPS) is 13.4. The van der Waals surface area contributed by atoms with Gasteiger partial charge < -0.3 is 20.3 Å². The molecule has 7 nitrogen and oxygen atoms in total. The summed E-state index contributed by atoms with van der Waals surface area (Å²) >= 11 is 7.30. The second-order valence-electron chi connectivity index (χ2n) is 7.20. The van der Waals surface area contributed by atoms with E-state index in [9.17, 15) is 9.59 Å². The second kappa shape index (κ2) is 9.05. The van der Waals surface area contributed by atoms with Gasteiger partial charge in [0.25, 0.3) is 11.8 Å². The van der Waals surface area contributed by atoms with Gasteiger partial charge in [-0.05, 0) is 49.5 Å². The number of aromatic nitrogens is 1. The molecule has 0 atom stereocenters. The van der Waals surface area contributed by atoms with Gasteiger partial charge in [0.15, 0.2) is 5.01 Å². The van der Waals surface area contributed by atoms with Gasteiger partial charge in [-0.2, -0.15) is 0 Å². The van der Waals surface area contributed by atoms with Crippen LogP contribution in [0.5, 0.6) is 5.75 Å². The summed E-state index contributed by atoms with van der Waals surface area (Å²) in [7, 11) is 3.57. The third-order valence-electron chi connectivity index (χ3n) is 4.94. The Bertz CT molecular complexity index is 1130. The van der Waals surface area contributed by atoms with Crippen LogP contribution in [-0.4, -0.2) is 42.4 Å². The topological polar surface area (TPSA) is 83.6 Å². The highest BCUT2D eigenvalue weighted by Crippen LogP contribution is 2.27. The van der Waals surface area contributed by atoms with E-state index in [1.165, 1.54) is 18.4 Å². The lowest BCUT2D eigenvalue weighted by Crippen LogP contribution is -2.25. The zero-order chi connectivity index (χ0) is 22.0. The quantitative estimate of drug-likeness (QED) is 0.598. The zero-order valence-electron chi connectivity index (χ0n) is 17.1. The number of benzene rings is 2. The second-order valence-corrected chi connectivity index (χ2v) is 8.72. The predicted molar refractivity (Wildman–Crippen MR) is 123 cm³/mol. The molecule has 0 radical (unpaired) electrons. The van der Waals surface area contributed by atoms with Crippen molar-refractivity contribution in [3.63, 3.8) is 0 Å². The smallest absolute Gasteiger partial charge is 0.284 e. The van der Waals surface area contributed by atoms with E-state index in [0.29, 0.717) is 27.2 Å². The van der Waals surface area contributed by atoms with Crippen LogP contribution in [0.4, 0.5) is 11.4 Å². The summed E-state index contributed by atoms with van der Waals surface area (Å²) in [5, 5.41) is 6.61. The van der Waals surface area contributed by atoms with Gasteiger partial charge in [-0.25, -0.2) is 4.98 Å². The van der Waals surface area contributed by atoms with Crippen LogP contribution in [0.2, 0.25) is 5.02 Å². The van der Waals surface area contributed by atoms with Gasteiger partial charge in [0.1, 0.15) is 5.75 Å². The van der Waals surface area contributed by atoms with Crippen molar-refractivity contribution in [2.75, 3.05) is 31.3 Å². The van der Waals surface area contributed by atoms with Gasteiger partial charge in [0.2, 0.25) is 0 Å². The number of nitrogens with zero attached hydrogens (tertiary/aromatic N) is 2. The lowest BCUT2D eigenvalue weighted by molar-refractivity contribution is 0.102. The van der Waals surface area contributed by atoms with Crippen molar-refractivity contribution < 1.29 is 14.3 Å². The highest BCUT2D eigenvalue weighted by Gasteiger charge is 2.23. The molecule has 9 heteroatoms. The molecule has 0 saturated carbocycles. The van der Waals surface area contributed by atoms with Crippen molar-refractivity contribution in [1.29, 1.82) is 0 Å². The summed E-state index contributed by atoms with van der Waals surface area (Å²) in [5.74, 6) is -0.212. The Morgan fingerprint density at radius 2 is 1.90 bits per heavy atom. The molecule has 0 bridgehead atoms. The van der Waals surface area contributed by atoms with Crippen molar-refractivity contribution >= 4 is 46.1 Å². The van der Waals surface area contributed by atoms with E-state index in [0.717, 1.165) is 30.1 Å². The first kappa shape index (κ1) is 21.3. The molecular formula is C22H21ClN4O3S. The summed E-state index contributed by atoms with van der Waals surface area (Å²) in [6.07, 6.45) is 0.826. The van der Waals surface area contributed by atoms with E-state index in [-0.39, 0.29) is 17.4 Å². The van der Waals surface area contributed by atoms with Crippen LogP contribution in [0, 0.1) is 0 Å². The number of anilines is 2. The van der Waals surface area contributed by atoms with E-state index in [1.54, 1.807) is 42.5 Å². The Morgan fingerprint density at radius 3 is 2.65 bits per heavy atom. The number of thiazole rings is 1. The highest BCUT2D eigenvalue weighted by molar-refractivity contribution is 7.13. The Kier molecular flexibility index (Phi) is 6.22. The lowest BCUT2D eigenvalue weighted by atomic mass is 10.1. The number of amides is 2. The van der Waals surface area contributed by atoms with Gasteiger partial charge in [-0.15, -0.1) is 11.3 Å². The first-order valence-corrected chi connectivity index (χ1v) is 10.9. The molecule has 1 aromatic heterocycles. The largest absolute Gasteiger partial charge is 0.497 e. The van der Waals surface area contributed by atoms with Crippen LogP contribution >= 0.6 is 22.9 Å². The minimum atomic E-state index is -0.378. The predicted octanol–water partition coefficient (Wildman–Crippen LogP) is 4.30. The Labute approximate surface area is 189 Å². The first-order valence-electron chi connectivity index (χ1n) is 9.66. The molecule has 1 aliphatic heterocycles. The molecule has 0 unspecified atom stereocenters. The maximum atomic E-state index is 12.9. The minimum Gasteiger partial charge on any atom is -0.497 e. The summed E-state index contributed by atoms with van der Waals surface area (Å²) in [5.41, 5.74) is 2.22. The fraction of sp³-hybridized carbons (Fsp3) is 0.227. The molecular weight excluding hydrogens is 436 g/mol. The standard InChI is InChI=1S/C22H21ClN4O3S/c1-27-10-9-18-19(12-27)31-22(26-18)21(29)25-17-8-7-15(30-2)11-16(17)20(28)24-14-5-3-13(23)4-6-14/h3-8,11H,9-10,12H2,1-2H3,(H,24,28)(H,25,29). The van der Waals surface area contributed by atoms with E-state index in [2.05, 4.69) is 20.5 Å². The van der Waals surface area contributed by atoms with Crippen LogP contribution in [-0.2, 0) is 13.0 Å². The van der Waals surface area contributed by atoms with Crippen LogP contribution in [0.25, 0.3) is 0 Å². The minimum absolute atomic E-state index is 0.281. The molecule has 31 heavy (non-hydrogen) atoms. The summed E-state index contributed by atoms with van der Waals surface area (Å²) in [6, 6.07) is 11.7. The van der Waals surface area contributed by atoms with Crippen molar-refractivity contribution in [2.24, 2.45) is 0 Å². The molecule has 0 fully saturated rings. The summed E-state index contributed by atoms with van der Waals surface area (Å²) in [4.78, 5) is 33.6. The fourth-order valence-electron chi connectivity index (χ4n) is 3.27. The first-order chi connectivity index (χ1) is 14.9. The number of likely N-dealkylation sites (N-methyl/N-ethyl adjacent to an activating group) is 1. The molecule has 1 aliphatic rings. The van der Waals surface area contributed by atoms with Crippen molar-refractivity contribution in [3.05, 3.63) is 68.6 Å². The van der Waals surface area contributed by atoms with Crippen LogP contribution in [0.15, 0.2) is 42.5 Å². The van der Waals surface area contributed by atoms with E-state index in [1.807, 2.05) is 7.05 Å². The lowest BCUT2D eigenvalue weighted by Gasteiger charge is -2.20. The van der Waals surface area contributed by atoms with Gasteiger partial charge in [0, 0.05) is 35.1 Å². The Hall–Kier alpha value is -2.94. The number of rotatable bonds is 5. The number of methoxy groups -OCH3 is 1. The third kappa shape index (κ3) is 4.87. The highest BCUT2D eigenvalue weighted by atomic mass is 35.5. The van der Waals surface area contributed by atoms with Gasteiger partial charge >= 0.3 is 0 Å². The third-order valence-corrected chi connectivity index (χ3v) is 6.27. The molecule has 4 rings (SSSR count). The van der Waals surface area contributed by atoms with Gasteiger partial charge in [-0.3, -0.25) is 9.59 Å². The van der Waals surface area contributed by atoms with E-state index >= 15 is 0 Å². The number of carbonyl (C=O) groups is 2. The van der Waals surface area contributed by atoms with Crippen LogP contribution in [0.1, 0.15) is 30.7 Å². The van der Waals surface area contributed by atoms with E-state index < -0.39 is 0 Å². The van der Waals surface area contributed by atoms with Gasteiger partial charge in [-0.1, -0.05) is 11.6 Å². The van der Waals surface area contributed by atoms with Gasteiger partial charge in [0.05, 0.1) is 24.1 Å². The van der Waals surface area contributed by atoms with Crippen LogP contribution in [0.3, 0.4) is 0 Å². The number of halogens is 1. The number of nitrogens with one attached hydrogen (secondary N) is 2.